The maximum atomic E-state index is 12.0. The third-order valence-corrected chi connectivity index (χ3v) is 5.39. The lowest BCUT2D eigenvalue weighted by molar-refractivity contribution is 0.0945. The minimum Gasteiger partial charge on any atom is -0.456 e. The largest absolute Gasteiger partial charge is 0.456 e. The molecule has 1 aromatic heterocycles. The van der Waals surface area contributed by atoms with Gasteiger partial charge in [-0.3, -0.25) is 9.59 Å². The fraction of sp³-hybridized carbons (Fsp3) is 0.357. The van der Waals surface area contributed by atoms with E-state index in [0.717, 1.165) is 61.8 Å². The van der Waals surface area contributed by atoms with Crippen LogP contribution in [0.4, 0.5) is 0 Å². The molecule has 0 atom stereocenters. The molecule has 1 saturated heterocycles. The molecule has 3 N–H and O–H groups in total. The molecule has 186 valence electrons. The lowest BCUT2D eigenvalue weighted by Crippen LogP contribution is -2.30. The van der Waals surface area contributed by atoms with Crippen molar-refractivity contribution in [1.29, 1.82) is 0 Å². The first-order chi connectivity index (χ1) is 17.1. The first kappa shape index (κ1) is 26.2. The van der Waals surface area contributed by atoms with Crippen molar-refractivity contribution in [3.05, 3.63) is 71.8 Å². The van der Waals surface area contributed by atoms with E-state index in [1.165, 1.54) is 0 Å². The van der Waals surface area contributed by atoms with Gasteiger partial charge in [0.25, 0.3) is 11.8 Å². The van der Waals surface area contributed by atoms with Crippen molar-refractivity contribution in [2.75, 3.05) is 39.4 Å². The van der Waals surface area contributed by atoms with Crippen molar-refractivity contribution in [3.8, 4) is 22.6 Å². The van der Waals surface area contributed by atoms with E-state index < -0.39 is 0 Å². The zero-order chi connectivity index (χ0) is 24.9. The van der Waals surface area contributed by atoms with Gasteiger partial charge in [0.2, 0.25) is 0 Å². The molecule has 0 bridgehead atoms. The predicted molar refractivity (Wildman–Crippen MR) is 139 cm³/mol. The first-order valence-corrected chi connectivity index (χ1v) is 12.3. The van der Waals surface area contributed by atoms with Gasteiger partial charge in [0.1, 0.15) is 11.5 Å². The third kappa shape index (κ3) is 8.09. The highest BCUT2D eigenvalue weighted by Crippen LogP contribution is 2.29. The Morgan fingerprint density at radius 1 is 0.714 bits per heavy atom. The van der Waals surface area contributed by atoms with Gasteiger partial charge >= 0.3 is 0 Å². The van der Waals surface area contributed by atoms with Gasteiger partial charge in [0, 0.05) is 48.4 Å². The topological polar surface area (TPSA) is 92.6 Å². The van der Waals surface area contributed by atoms with Gasteiger partial charge < -0.3 is 25.1 Å². The highest BCUT2D eigenvalue weighted by molar-refractivity contribution is 5.95. The number of amides is 2. The number of hydrogen-bond donors (Lipinski definition) is 3. The fourth-order valence-corrected chi connectivity index (χ4v) is 3.42. The smallest absolute Gasteiger partial charge is 0.251 e. The number of nitrogens with one attached hydrogen (secondary N) is 3. The van der Waals surface area contributed by atoms with Crippen molar-refractivity contribution in [2.24, 2.45) is 0 Å². The molecule has 1 fully saturated rings. The first-order valence-electron chi connectivity index (χ1n) is 12.3. The number of benzene rings is 2. The molecule has 2 aromatic carbocycles. The molecule has 1 aliphatic rings. The van der Waals surface area contributed by atoms with E-state index in [1.54, 1.807) is 24.3 Å². The Hall–Kier alpha value is -3.42. The predicted octanol–water partition coefficient (Wildman–Crippen LogP) is 4.50. The van der Waals surface area contributed by atoms with Crippen LogP contribution in [0.2, 0.25) is 0 Å². The molecule has 0 radical (unpaired) electrons. The summed E-state index contributed by atoms with van der Waals surface area (Å²) in [5.41, 5.74) is 3.06. The van der Waals surface area contributed by atoms with Crippen LogP contribution in [0, 0.1) is 0 Å². The molecule has 0 unspecified atom stereocenters. The summed E-state index contributed by atoms with van der Waals surface area (Å²) in [4.78, 5) is 24.0. The summed E-state index contributed by atoms with van der Waals surface area (Å²) in [7, 11) is 0. The van der Waals surface area contributed by atoms with Crippen LogP contribution in [0.3, 0.4) is 0 Å². The van der Waals surface area contributed by atoms with E-state index in [9.17, 15) is 9.59 Å². The van der Waals surface area contributed by atoms with Gasteiger partial charge in [-0.1, -0.05) is 38.1 Å². The summed E-state index contributed by atoms with van der Waals surface area (Å²) in [6, 6.07) is 18.5. The van der Waals surface area contributed by atoms with Crippen molar-refractivity contribution in [3.63, 3.8) is 0 Å². The molecule has 0 saturated carbocycles. The summed E-state index contributed by atoms with van der Waals surface area (Å²) in [5, 5.41) is 8.89. The van der Waals surface area contributed by atoms with E-state index in [1.807, 2.05) is 50.2 Å². The van der Waals surface area contributed by atoms with Crippen molar-refractivity contribution >= 4 is 11.8 Å². The van der Waals surface area contributed by atoms with E-state index >= 15 is 0 Å². The molecule has 1 aliphatic heterocycles. The van der Waals surface area contributed by atoms with Crippen molar-refractivity contribution < 1.29 is 18.7 Å². The number of carbonyl (C=O) groups is 2. The zero-order valence-electron chi connectivity index (χ0n) is 20.6. The highest BCUT2D eigenvalue weighted by Gasteiger charge is 2.10. The number of ether oxygens (including phenoxy) is 1. The molecule has 0 aliphatic carbocycles. The van der Waals surface area contributed by atoms with Crippen LogP contribution in [-0.4, -0.2) is 51.2 Å². The average Bonchev–Trinajstić information content (AvgIpc) is 3.42. The lowest BCUT2D eigenvalue weighted by atomic mass is 10.1. The second-order valence-electron chi connectivity index (χ2n) is 8.19. The van der Waals surface area contributed by atoms with Crippen LogP contribution in [-0.2, 0) is 4.74 Å². The molecule has 3 aromatic rings. The Morgan fingerprint density at radius 3 is 1.46 bits per heavy atom. The molecule has 35 heavy (non-hydrogen) atoms. The van der Waals surface area contributed by atoms with E-state index in [0.29, 0.717) is 24.2 Å². The summed E-state index contributed by atoms with van der Waals surface area (Å²) in [6.07, 6.45) is 1.81. The second kappa shape index (κ2) is 14.1. The van der Waals surface area contributed by atoms with Crippen molar-refractivity contribution in [2.45, 2.75) is 26.7 Å². The fourth-order valence-electron chi connectivity index (χ4n) is 3.42. The van der Waals surface area contributed by atoms with Crippen LogP contribution in [0.1, 0.15) is 47.4 Å². The summed E-state index contributed by atoms with van der Waals surface area (Å²) in [5.74, 6) is 1.32. The second-order valence-corrected chi connectivity index (χ2v) is 8.19. The Kier molecular flexibility index (Phi) is 10.5. The van der Waals surface area contributed by atoms with Gasteiger partial charge in [-0.25, -0.2) is 0 Å². The van der Waals surface area contributed by atoms with E-state index in [2.05, 4.69) is 16.0 Å². The molecule has 7 nitrogen and oxygen atoms in total. The highest BCUT2D eigenvalue weighted by atomic mass is 16.5. The zero-order valence-corrected chi connectivity index (χ0v) is 20.6. The normalized spacial score (nSPS) is 12.9. The van der Waals surface area contributed by atoms with Crippen molar-refractivity contribution in [1.82, 2.24) is 16.0 Å². The third-order valence-electron chi connectivity index (χ3n) is 5.39. The number of rotatable bonds is 8. The quantitative estimate of drug-likeness (QED) is 0.444. The molecule has 2 heterocycles. The minimum atomic E-state index is -0.0680. The summed E-state index contributed by atoms with van der Waals surface area (Å²) < 4.78 is 11.0. The number of furan rings is 1. The summed E-state index contributed by atoms with van der Waals surface area (Å²) >= 11 is 0. The number of morpholine rings is 1. The van der Waals surface area contributed by atoms with Crippen LogP contribution in [0.25, 0.3) is 22.6 Å². The number of carbonyl (C=O) groups excluding carboxylic acids is 2. The lowest BCUT2D eigenvalue weighted by Gasteiger charge is -2.10. The van der Waals surface area contributed by atoms with Gasteiger partial charge in [-0.05, 0) is 49.2 Å². The summed E-state index contributed by atoms with van der Waals surface area (Å²) in [6.45, 7) is 9.21. The van der Waals surface area contributed by atoms with Gasteiger partial charge in [-0.2, -0.15) is 0 Å². The van der Waals surface area contributed by atoms with Crippen LogP contribution in [0.15, 0.2) is 65.1 Å². The standard InChI is InChI=1S/C24H26N2O3.C4H9NO/c1-3-15-25-23(27)19-9-5-17(6-10-19)21-13-14-22(29-21)18-7-11-20(12-8-18)24(28)26-16-4-2;1-3-6-4-2-5-1/h5-14H,3-4,15-16H2,1-2H3,(H,25,27)(H,26,28);5H,1-4H2. The van der Waals surface area contributed by atoms with Gasteiger partial charge in [-0.15, -0.1) is 0 Å². The van der Waals surface area contributed by atoms with Gasteiger partial charge in [0.15, 0.2) is 0 Å². The Morgan fingerprint density at radius 2 is 1.14 bits per heavy atom. The molecular formula is C28H35N3O4. The molecule has 7 heteroatoms. The SMILES string of the molecule is C1COCCN1.CCCNC(=O)c1ccc(-c2ccc(-c3ccc(C(=O)NCCC)cc3)o2)cc1. The maximum Gasteiger partial charge on any atom is 0.251 e. The number of hydrogen-bond acceptors (Lipinski definition) is 5. The molecule has 4 rings (SSSR count). The van der Waals surface area contributed by atoms with Crippen LogP contribution >= 0.6 is 0 Å². The van der Waals surface area contributed by atoms with Crippen LogP contribution in [0.5, 0.6) is 0 Å². The molecular weight excluding hydrogens is 442 g/mol. The maximum absolute atomic E-state index is 12.0. The minimum absolute atomic E-state index is 0.0680. The Labute approximate surface area is 207 Å². The van der Waals surface area contributed by atoms with E-state index in [4.69, 9.17) is 9.15 Å². The Balaban J connectivity index is 0.000000497. The van der Waals surface area contributed by atoms with Crippen LogP contribution < -0.4 is 16.0 Å². The molecule has 0 spiro atoms. The van der Waals surface area contributed by atoms with Gasteiger partial charge in [0.05, 0.1) is 13.2 Å². The monoisotopic (exact) mass is 477 g/mol. The molecule has 2 amide bonds. The Bertz CT molecular complexity index is 965. The average molecular weight is 478 g/mol. The van der Waals surface area contributed by atoms with E-state index in [-0.39, 0.29) is 11.8 Å².